The largest absolute Gasteiger partial charge is 0.388 e. The lowest BCUT2D eigenvalue weighted by Crippen LogP contribution is -2.38. The van der Waals surface area contributed by atoms with E-state index in [-0.39, 0.29) is 11.5 Å². The summed E-state index contributed by atoms with van der Waals surface area (Å²) >= 11 is 0. The average molecular weight is 287 g/mol. The van der Waals surface area contributed by atoms with Crippen LogP contribution in [0.2, 0.25) is 0 Å². The fraction of sp³-hybridized carbons (Fsp3) is 0.684. The topological polar surface area (TPSA) is 32.3 Å². The van der Waals surface area contributed by atoms with Crippen molar-refractivity contribution < 1.29 is 5.11 Å². The van der Waals surface area contributed by atoms with Crippen LogP contribution < -0.4 is 5.32 Å². The summed E-state index contributed by atoms with van der Waals surface area (Å²) in [6.07, 6.45) is 4.54. The first kappa shape index (κ1) is 15.1. The SMILES string of the molecule is C[C@H]1CCCC(C)(C)[C@@H]1[C@H](O)c1ccc2c(c1)CCNC2. The summed E-state index contributed by atoms with van der Waals surface area (Å²) in [5.74, 6) is 0.965. The Kier molecular flexibility index (Phi) is 4.11. The van der Waals surface area contributed by atoms with Crippen LogP contribution in [0, 0.1) is 17.3 Å². The van der Waals surface area contributed by atoms with E-state index in [1.54, 1.807) is 0 Å². The van der Waals surface area contributed by atoms with Crippen LogP contribution in [0.25, 0.3) is 0 Å². The fourth-order valence-corrected chi connectivity index (χ4v) is 4.62. The first-order valence-electron chi connectivity index (χ1n) is 8.49. The smallest absolute Gasteiger partial charge is 0.0825 e. The molecule has 1 aromatic rings. The molecular formula is C19H29NO. The molecule has 21 heavy (non-hydrogen) atoms. The van der Waals surface area contributed by atoms with Crippen molar-refractivity contribution in [3.8, 4) is 0 Å². The lowest BCUT2D eigenvalue weighted by Gasteiger charge is -2.45. The lowest BCUT2D eigenvalue weighted by molar-refractivity contribution is -0.0293. The molecule has 2 N–H and O–H groups in total. The molecule has 1 heterocycles. The van der Waals surface area contributed by atoms with E-state index >= 15 is 0 Å². The van der Waals surface area contributed by atoms with Gasteiger partial charge in [0.2, 0.25) is 0 Å². The van der Waals surface area contributed by atoms with E-state index in [0.717, 1.165) is 25.1 Å². The monoisotopic (exact) mass is 287 g/mol. The van der Waals surface area contributed by atoms with Crippen molar-refractivity contribution in [3.63, 3.8) is 0 Å². The van der Waals surface area contributed by atoms with E-state index in [1.165, 1.54) is 30.4 Å². The highest BCUT2D eigenvalue weighted by Gasteiger charge is 2.41. The maximum atomic E-state index is 11.0. The van der Waals surface area contributed by atoms with Crippen molar-refractivity contribution in [1.82, 2.24) is 5.32 Å². The van der Waals surface area contributed by atoms with Crippen LogP contribution in [0.3, 0.4) is 0 Å². The Hall–Kier alpha value is -0.860. The Bertz CT molecular complexity index is 508. The van der Waals surface area contributed by atoms with Crippen molar-refractivity contribution in [3.05, 3.63) is 34.9 Å². The van der Waals surface area contributed by atoms with E-state index in [0.29, 0.717) is 11.8 Å². The zero-order valence-corrected chi connectivity index (χ0v) is 13.7. The molecule has 2 aliphatic rings. The Morgan fingerprint density at radius 1 is 1.29 bits per heavy atom. The molecule has 0 spiro atoms. The normalized spacial score (nSPS) is 29.7. The van der Waals surface area contributed by atoms with Gasteiger partial charge >= 0.3 is 0 Å². The summed E-state index contributed by atoms with van der Waals surface area (Å²) in [7, 11) is 0. The molecule has 2 nitrogen and oxygen atoms in total. The third-order valence-corrected chi connectivity index (χ3v) is 5.79. The van der Waals surface area contributed by atoms with Gasteiger partial charge in [-0.1, -0.05) is 51.8 Å². The van der Waals surface area contributed by atoms with Gasteiger partial charge in [-0.3, -0.25) is 0 Å². The molecule has 0 radical (unpaired) electrons. The van der Waals surface area contributed by atoms with Crippen LogP contribution in [0.15, 0.2) is 18.2 Å². The summed E-state index contributed by atoms with van der Waals surface area (Å²) in [6, 6.07) is 6.62. The molecular weight excluding hydrogens is 258 g/mol. The van der Waals surface area contributed by atoms with Gasteiger partial charge in [-0.15, -0.1) is 0 Å². The molecule has 3 rings (SSSR count). The molecule has 0 amide bonds. The van der Waals surface area contributed by atoms with E-state index in [4.69, 9.17) is 0 Å². The molecule has 3 atom stereocenters. The number of hydrogen-bond acceptors (Lipinski definition) is 2. The Morgan fingerprint density at radius 3 is 2.86 bits per heavy atom. The number of fused-ring (bicyclic) bond motifs is 1. The van der Waals surface area contributed by atoms with Crippen molar-refractivity contribution in [2.45, 2.75) is 59.1 Å². The molecule has 0 aromatic heterocycles. The third-order valence-electron chi connectivity index (χ3n) is 5.79. The highest BCUT2D eigenvalue weighted by atomic mass is 16.3. The minimum Gasteiger partial charge on any atom is -0.388 e. The molecule has 0 unspecified atom stereocenters. The van der Waals surface area contributed by atoms with Crippen LogP contribution in [-0.2, 0) is 13.0 Å². The van der Waals surface area contributed by atoms with Gasteiger partial charge in [0.15, 0.2) is 0 Å². The highest BCUT2D eigenvalue weighted by Crippen LogP contribution is 2.49. The predicted molar refractivity (Wildman–Crippen MR) is 87.1 cm³/mol. The third kappa shape index (κ3) is 2.89. The van der Waals surface area contributed by atoms with Crippen LogP contribution in [0.1, 0.15) is 62.8 Å². The molecule has 1 fully saturated rings. The number of rotatable bonds is 2. The molecule has 1 aliphatic heterocycles. The maximum absolute atomic E-state index is 11.0. The summed E-state index contributed by atoms with van der Waals surface area (Å²) < 4.78 is 0. The number of aliphatic hydroxyl groups excluding tert-OH is 1. The van der Waals surface area contributed by atoms with Crippen molar-refractivity contribution in [1.29, 1.82) is 0 Å². The summed E-state index contributed by atoms with van der Waals surface area (Å²) in [4.78, 5) is 0. The van der Waals surface area contributed by atoms with Crippen LogP contribution in [0.5, 0.6) is 0 Å². The second-order valence-electron chi connectivity index (χ2n) is 7.78. The minimum atomic E-state index is -0.324. The van der Waals surface area contributed by atoms with Crippen molar-refractivity contribution >= 4 is 0 Å². The fourth-order valence-electron chi connectivity index (χ4n) is 4.62. The van der Waals surface area contributed by atoms with Crippen molar-refractivity contribution in [2.75, 3.05) is 6.54 Å². The number of hydrogen-bond donors (Lipinski definition) is 2. The van der Waals surface area contributed by atoms with Crippen LogP contribution in [-0.4, -0.2) is 11.7 Å². The van der Waals surface area contributed by atoms with Crippen LogP contribution in [0.4, 0.5) is 0 Å². The second kappa shape index (κ2) is 5.73. The van der Waals surface area contributed by atoms with Gasteiger partial charge in [0.25, 0.3) is 0 Å². The van der Waals surface area contributed by atoms with Gasteiger partial charge in [-0.2, -0.15) is 0 Å². The van der Waals surface area contributed by atoms with Crippen LogP contribution >= 0.6 is 0 Å². The molecule has 116 valence electrons. The first-order valence-corrected chi connectivity index (χ1v) is 8.49. The Balaban J connectivity index is 1.88. The van der Waals surface area contributed by atoms with Gasteiger partial charge < -0.3 is 10.4 Å². The van der Waals surface area contributed by atoms with Gasteiger partial charge in [-0.05, 0) is 53.3 Å². The zero-order chi connectivity index (χ0) is 15.0. The van der Waals surface area contributed by atoms with Gasteiger partial charge in [-0.25, -0.2) is 0 Å². The standard InChI is InChI=1S/C19H29NO/c1-13-5-4-9-19(2,3)17(13)18(21)15-6-7-16-12-20-10-8-14(16)11-15/h6-7,11,13,17-18,20-21H,4-5,8-10,12H2,1-3H3/t13-,17-,18+/m0/s1. The summed E-state index contributed by atoms with van der Waals surface area (Å²) in [5.41, 5.74) is 4.18. The highest BCUT2D eigenvalue weighted by molar-refractivity contribution is 5.35. The molecule has 1 saturated carbocycles. The maximum Gasteiger partial charge on any atom is 0.0825 e. The average Bonchev–Trinajstić information content (AvgIpc) is 2.45. The predicted octanol–water partition coefficient (Wildman–Crippen LogP) is 3.83. The summed E-state index contributed by atoms with van der Waals surface area (Å²) in [5, 5.41) is 14.4. The molecule has 1 aromatic carbocycles. The Labute approximate surface area is 129 Å². The van der Waals surface area contributed by atoms with E-state index in [9.17, 15) is 5.11 Å². The Morgan fingerprint density at radius 2 is 2.10 bits per heavy atom. The first-order chi connectivity index (χ1) is 9.99. The van der Waals surface area contributed by atoms with Gasteiger partial charge in [0.05, 0.1) is 6.10 Å². The molecule has 2 heteroatoms. The van der Waals surface area contributed by atoms with E-state index < -0.39 is 0 Å². The number of nitrogens with one attached hydrogen (secondary N) is 1. The molecule has 0 saturated heterocycles. The lowest BCUT2D eigenvalue weighted by atomic mass is 9.61. The van der Waals surface area contributed by atoms with Crippen molar-refractivity contribution in [2.24, 2.45) is 17.3 Å². The zero-order valence-electron chi connectivity index (χ0n) is 13.7. The molecule has 0 bridgehead atoms. The van der Waals surface area contributed by atoms with E-state index in [1.807, 2.05) is 0 Å². The van der Waals surface area contributed by atoms with Gasteiger partial charge in [0, 0.05) is 6.54 Å². The summed E-state index contributed by atoms with van der Waals surface area (Å²) in [6.45, 7) is 9.00. The second-order valence-corrected chi connectivity index (χ2v) is 7.78. The number of benzene rings is 1. The number of aliphatic hydroxyl groups is 1. The van der Waals surface area contributed by atoms with E-state index in [2.05, 4.69) is 44.3 Å². The minimum absolute atomic E-state index is 0.231. The molecule has 1 aliphatic carbocycles. The quantitative estimate of drug-likeness (QED) is 0.866. The van der Waals surface area contributed by atoms with Gasteiger partial charge in [0.1, 0.15) is 0 Å².